The van der Waals surface area contributed by atoms with Crippen LogP contribution in [0.15, 0.2) is 17.5 Å². The average molecular weight is 267 g/mol. The molecule has 0 saturated heterocycles. The Kier molecular flexibility index (Phi) is 4.78. The Morgan fingerprint density at radius 2 is 2.06 bits per heavy atom. The van der Waals surface area contributed by atoms with Crippen molar-refractivity contribution in [2.45, 2.75) is 50.5 Å². The summed E-state index contributed by atoms with van der Waals surface area (Å²) < 4.78 is 0. The van der Waals surface area contributed by atoms with Crippen LogP contribution in [-0.2, 0) is 11.2 Å². The van der Waals surface area contributed by atoms with Gasteiger partial charge in [-0.2, -0.15) is 0 Å². The highest BCUT2D eigenvalue weighted by Gasteiger charge is 2.28. The molecule has 0 spiro atoms. The minimum atomic E-state index is -0.679. The number of rotatable bonds is 4. The molecular formula is C14H21NO2S. The third kappa shape index (κ3) is 4.10. The van der Waals surface area contributed by atoms with Crippen LogP contribution in [0.1, 0.15) is 43.4 Å². The van der Waals surface area contributed by atoms with E-state index in [1.807, 2.05) is 17.5 Å². The lowest BCUT2D eigenvalue weighted by molar-refractivity contribution is -0.121. The summed E-state index contributed by atoms with van der Waals surface area (Å²) in [4.78, 5) is 12.8. The van der Waals surface area contributed by atoms with Crippen molar-refractivity contribution in [1.29, 1.82) is 0 Å². The number of amides is 1. The second-order valence-corrected chi connectivity index (χ2v) is 6.20. The van der Waals surface area contributed by atoms with Crippen LogP contribution in [0.3, 0.4) is 0 Å². The number of hydrogen-bond donors (Lipinski definition) is 2. The van der Waals surface area contributed by atoms with Gasteiger partial charge in [-0.3, -0.25) is 4.79 Å². The van der Waals surface area contributed by atoms with Gasteiger partial charge in [0.25, 0.3) is 0 Å². The second-order valence-electron chi connectivity index (χ2n) is 5.17. The van der Waals surface area contributed by atoms with Crippen LogP contribution in [-0.4, -0.2) is 23.2 Å². The summed E-state index contributed by atoms with van der Waals surface area (Å²) >= 11 is 1.59. The number of aliphatic hydroxyl groups is 1. The molecule has 2 rings (SSSR count). The summed E-state index contributed by atoms with van der Waals surface area (Å²) in [6.07, 6.45) is 6.58. The zero-order valence-corrected chi connectivity index (χ0v) is 11.5. The standard InChI is InChI=1S/C14H21NO2S/c16-13(10-12-6-5-9-18-12)15-11-14(17)7-3-1-2-4-8-14/h5-6,9,17H,1-4,7-8,10-11H2,(H,15,16). The third-order valence-electron chi connectivity index (χ3n) is 3.56. The van der Waals surface area contributed by atoms with Gasteiger partial charge in [-0.1, -0.05) is 31.7 Å². The molecule has 0 unspecified atom stereocenters. The number of thiophene rings is 1. The largest absolute Gasteiger partial charge is 0.388 e. The van der Waals surface area contributed by atoms with E-state index in [4.69, 9.17) is 0 Å². The zero-order chi connectivity index (χ0) is 12.8. The molecule has 1 aromatic heterocycles. The number of carbonyl (C=O) groups is 1. The molecule has 1 aliphatic rings. The van der Waals surface area contributed by atoms with Crippen molar-refractivity contribution in [1.82, 2.24) is 5.32 Å². The Bertz CT molecular complexity index is 367. The van der Waals surface area contributed by atoms with Gasteiger partial charge in [0, 0.05) is 11.4 Å². The Morgan fingerprint density at radius 1 is 1.33 bits per heavy atom. The molecular weight excluding hydrogens is 246 g/mol. The quantitative estimate of drug-likeness (QED) is 0.823. The molecule has 0 aliphatic heterocycles. The summed E-state index contributed by atoms with van der Waals surface area (Å²) in [6.45, 7) is 0.400. The number of carbonyl (C=O) groups excluding carboxylic acids is 1. The lowest BCUT2D eigenvalue weighted by atomic mass is 9.94. The molecule has 18 heavy (non-hydrogen) atoms. The molecule has 0 atom stereocenters. The first-order chi connectivity index (χ1) is 8.68. The van der Waals surface area contributed by atoms with E-state index in [1.54, 1.807) is 11.3 Å². The van der Waals surface area contributed by atoms with Gasteiger partial charge in [-0.05, 0) is 24.3 Å². The number of nitrogens with one attached hydrogen (secondary N) is 1. The van der Waals surface area contributed by atoms with E-state index in [-0.39, 0.29) is 5.91 Å². The first kappa shape index (κ1) is 13.6. The first-order valence-corrected chi connectivity index (χ1v) is 7.57. The van der Waals surface area contributed by atoms with Crippen LogP contribution in [0.2, 0.25) is 0 Å². The average Bonchev–Trinajstić information content (AvgIpc) is 2.75. The summed E-state index contributed by atoms with van der Waals surface area (Å²) in [5.41, 5.74) is -0.679. The van der Waals surface area contributed by atoms with Crippen LogP contribution in [0, 0.1) is 0 Å². The molecule has 1 fully saturated rings. The van der Waals surface area contributed by atoms with E-state index in [2.05, 4.69) is 5.32 Å². The summed E-state index contributed by atoms with van der Waals surface area (Å²) in [7, 11) is 0. The Balaban J connectivity index is 1.77. The van der Waals surface area contributed by atoms with E-state index >= 15 is 0 Å². The predicted molar refractivity (Wildman–Crippen MR) is 73.7 cm³/mol. The van der Waals surface area contributed by atoms with E-state index in [1.165, 1.54) is 12.8 Å². The minimum Gasteiger partial charge on any atom is -0.388 e. The summed E-state index contributed by atoms with van der Waals surface area (Å²) in [6, 6.07) is 3.91. The Hall–Kier alpha value is -0.870. The Morgan fingerprint density at radius 3 is 2.67 bits per heavy atom. The van der Waals surface area contributed by atoms with Gasteiger partial charge in [0.2, 0.25) is 5.91 Å². The predicted octanol–water partition coefficient (Wildman–Crippen LogP) is 2.49. The highest BCUT2D eigenvalue weighted by molar-refractivity contribution is 7.10. The second kappa shape index (κ2) is 6.34. The van der Waals surface area contributed by atoms with Crippen molar-refractivity contribution in [3.05, 3.63) is 22.4 Å². The van der Waals surface area contributed by atoms with Gasteiger partial charge in [0.15, 0.2) is 0 Å². The Labute approximate surface area is 112 Å². The smallest absolute Gasteiger partial charge is 0.225 e. The van der Waals surface area contributed by atoms with Crippen molar-refractivity contribution in [2.24, 2.45) is 0 Å². The van der Waals surface area contributed by atoms with E-state index in [0.29, 0.717) is 13.0 Å². The molecule has 1 aromatic rings. The first-order valence-electron chi connectivity index (χ1n) is 6.69. The molecule has 1 saturated carbocycles. The van der Waals surface area contributed by atoms with Crippen LogP contribution in [0.4, 0.5) is 0 Å². The molecule has 4 heteroatoms. The van der Waals surface area contributed by atoms with Gasteiger partial charge in [0.05, 0.1) is 12.0 Å². The van der Waals surface area contributed by atoms with Crippen molar-refractivity contribution in [3.63, 3.8) is 0 Å². The molecule has 1 amide bonds. The van der Waals surface area contributed by atoms with Gasteiger partial charge in [-0.25, -0.2) is 0 Å². The molecule has 2 N–H and O–H groups in total. The lowest BCUT2D eigenvalue weighted by Gasteiger charge is -2.26. The normalized spacial score (nSPS) is 19.2. The maximum absolute atomic E-state index is 11.8. The molecule has 1 aliphatic carbocycles. The molecule has 0 bridgehead atoms. The minimum absolute atomic E-state index is 0.00937. The van der Waals surface area contributed by atoms with Crippen molar-refractivity contribution >= 4 is 17.2 Å². The zero-order valence-electron chi connectivity index (χ0n) is 10.7. The van der Waals surface area contributed by atoms with Gasteiger partial charge in [-0.15, -0.1) is 11.3 Å². The maximum Gasteiger partial charge on any atom is 0.225 e. The van der Waals surface area contributed by atoms with E-state index < -0.39 is 5.60 Å². The lowest BCUT2D eigenvalue weighted by Crippen LogP contribution is -2.43. The summed E-state index contributed by atoms with van der Waals surface area (Å²) in [5, 5.41) is 15.3. The molecule has 1 heterocycles. The third-order valence-corrected chi connectivity index (χ3v) is 4.44. The molecule has 0 radical (unpaired) electrons. The van der Waals surface area contributed by atoms with Crippen LogP contribution < -0.4 is 5.32 Å². The molecule has 100 valence electrons. The van der Waals surface area contributed by atoms with Gasteiger partial charge in [0.1, 0.15) is 0 Å². The van der Waals surface area contributed by atoms with Gasteiger partial charge >= 0.3 is 0 Å². The highest BCUT2D eigenvalue weighted by Crippen LogP contribution is 2.26. The van der Waals surface area contributed by atoms with Crippen molar-refractivity contribution < 1.29 is 9.90 Å². The van der Waals surface area contributed by atoms with Crippen LogP contribution in [0.25, 0.3) is 0 Å². The fourth-order valence-electron chi connectivity index (χ4n) is 2.46. The fraction of sp³-hybridized carbons (Fsp3) is 0.643. The highest BCUT2D eigenvalue weighted by atomic mass is 32.1. The van der Waals surface area contributed by atoms with E-state index in [0.717, 1.165) is 30.6 Å². The monoisotopic (exact) mass is 267 g/mol. The fourth-order valence-corrected chi connectivity index (χ4v) is 3.16. The van der Waals surface area contributed by atoms with Gasteiger partial charge < -0.3 is 10.4 Å². The van der Waals surface area contributed by atoms with Crippen molar-refractivity contribution in [2.75, 3.05) is 6.54 Å². The topological polar surface area (TPSA) is 49.3 Å². The molecule has 3 nitrogen and oxygen atoms in total. The number of hydrogen-bond acceptors (Lipinski definition) is 3. The van der Waals surface area contributed by atoms with Crippen molar-refractivity contribution in [3.8, 4) is 0 Å². The van der Waals surface area contributed by atoms with Crippen LogP contribution >= 0.6 is 11.3 Å². The molecule has 0 aromatic carbocycles. The SMILES string of the molecule is O=C(Cc1cccs1)NCC1(O)CCCCCC1. The van der Waals surface area contributed by atoms with E-state index in [9.17, 15) is 9.90 Å². The maximum atomic E-state index is 11.8. The summed E-state index contributed by atoms with van der Waals surface area (Å²) in [5.74, 6) is 0.00937. The van der Waals surface area contributed by atoms with Crippen LogP contribution in [0.5, 0.6) is 0 Å².